The third-order valence-electron chi connectivity index (χ3n) is 1.83. The predicted octanol–water partition coefficient (Wildman–Crippen LogP) is 0.903. The van der Waals surface area contributed by atoms with Gasteiger partial charge in [0.25, 0.3) is 0 Å². The number of methoxy groups -OCH3 is 1. The van der Waals surface area contributed by atoms with Gasteiger partial charge in [-0.15, -0.1) is 0 Å². The van der Waals surface area contributed by atoms with Crippen LogP contribution in [0.5, 0.6) is 0 Å². The summed E-state index contributed by atoms with van der Waals surface area (Å²) in [5, 5.41) is 0. The van der Waals surface area contributed by atoms with Gasteiger partial charge in [-0.25, -0.2) is 0 Å². The smallest absolute Gasteiger partial charge is 0.0753 e. The first-order valence-electron chi connectivity index (χ1n) is 4.35. The summed E-state index contributed by atoms with van der Waals surface area (Å²) in [5.74, 6) is 0. The summed E-state index contributed by atoms with van der Waals surface area (Å²) in [6.07, 6.45) is 6.84. The van der Waals surface area contributed by atoms with Crippen LogP contribution in [0.15, 0.2) is 18.6 Å². The van der Waals surface area contributed by atoms with Gasteiger partial charge < -0.3 is 10.5 Å². The number of ether oxygens (including phenoxy) is 1. The molecule has 0 aromatic carbocycles. The topological polar surface area (TPSA) is 61.0 Å². The number of nitrogens with two attached hydrogens (primary N) is 1. The standard InChI is InChI=1S/C9H15N3O/c1-13-6-2-3-8(10)9-7-11-4-5-12-9/h4-5,7-8H,2-3,6,10H2,1H3. The minimum atomic E-state index is -0.0242. The molecular weight excluding hydrogens is 166 g/mol. The normalized spacial score (nSPS) is 12.8. The highest BCUT2D eigenvalue weighted by Crippen LogP contribution is 2.11. The summed E-state index contributed by atoms with van der Waals surface area (Å²) in [6.45, 7) is 0.744. The molecule has 1 unspecified atom stereocenters. The van der Waals surface area contributed by atoms with Crippen molar-refractivity contribution in [2.75, 3.05) is 13.7 Å². The Bertz CT molecular complexity index is 228. The van der Waals surface area contributed by atoms with Crippen LogP contribution in [0.1, 0.15) is 24.6 Å². The van der Waals surface area contributed by atoms with E-state index in [0.29, 0.717) is 0 Å². The summed E-state index contributed by atoms with van der Waals surface area (Å²) in [4.78, 5) is 8.09. The van der Waals surface area contributed by atoms with E-state index in [2.05, 4.69) is 9.97 Å². The Kier molecular flexibility index (Phi) is 4.35. The van der Waals surface area contributed by atoms with Gasteiger partial charge in [-0.2, -0.15) is 0 Å². The molecule has 0 aliphatic heterocycles. The Morgan fingerprint density at radius 3 is 3.00 bits per heavy atom. The van der Waals surface area contributed by atoms with Crippen LogP contribution in [0, 0.1) is 0 Å². The van der Waals surface area contributed by atoms with E-state index < -0.39 is 0 Å². The van der Waals surface area contributed by atoms with Crippen molar-refractivity contribution in [1.82, 2.24) is 9.97 Å². The third-order valence-corrected chi connectivity index (χ3v) is 1.83. The van der Waals surface area contributed by atoms with Crippen LogP contribution in [0.4, 0.5) is 0 Å². The lowest BCUT2D eigenvalue weighted by atomic mass is 10.1. The third kappa shape index (κ3) is 3.48. The molecule has 1 atom stereocenters. The summed E-state index contributed by atoms with van der Waals surface area (Å²) in [7, 11) is 1.69. The average molecular weight is 181 g/mol. The van der Waals surface area contributed by atoms with E-state index in [0.717, 1.165) is 25.1 Å². The van der Waals surface area contributed by atoms with Crippen LogP contribution in [0.25, 0.3) is 0 Å². The highest BCUT2D eigenvalue weighted by atomic mass is 16.5. The first kappa shape index (κ1) is 10.1. The molecule has 0 fully saturated rings. The lowest BCUT2D eigenvalue weighted by Gasteiger charge is -2.09. The van der Waals surface area contributed by atoms with Crippen molar-refractivity contribution in [1.29, 1.82) is 0 Å². The van der Waals surface area contributed by atoms with Crippen molar-refractivity contribution in [2.45, 2.75) is 18.9 Å². The number of nitrogens with zero attached hydrogens (tertiary/aromatic N) is 2. The van der Waals surface area contributed by atoms with Crippen LogP contribution < -0.4 is 5.73 Å². The van der Waals surface area contributed by atoms with Crippen LogP contribution in [-0.4, -0.2) is 23.7 Å². The van der Waals surface area contributed by atoms with Gasteiger partial charge in [0.2, 0.25) is 0 Å². The van der Waals surface area contributed by atoms with E-state index in [1.54, 1.807) is 25.7 Å². The fourth-order valence-electron chi connectivity index (χ4n) is 1.10. The minimum Gasteiger partial charge on any atom is -0.385 e. The van der Waals surface area contributed by atoms with Gasteiger partial charge in [-0.1, -0.05) is 0 Å². The summed E-state index contributed by atoms with van der Waals surface area (Å²) in [5.41, 5.74) is 6.72. The molecule has 13 heavy (non-hydrogen) atoms. The number of hydrogen-bond donors (Lipinski definition) is 1. The van der Waals surface area contributed by atoms with E-state index in [4.69, 9.17) is 10.5 Å². The van der Waals surface area contributed by atoms with Gasteiger partial charge in [0.05, 0.1) is 5.69 Å². The first-order chi connectivity index (χ1) is 6.34. The second-order valence-electron chi connectivity index (χ2n) is 2.87. The molecule has 1 aromatic rings. The van der Waals surface area contributed by atoms with Gasteiger partial charge in [0.1, 0.15) is 0 Å². The molecule has 1 heterocycles. The maximum absolute atomic E-state index is 5.88. The lowest BCUT2D eigenvalue weighted by molar-refractivity contribution is 0.190. The van der Waals surface area contributed by atoms with E-state index in [1.807, 2.05) is 0 Å². The van der Waals surface area contributed by atoms with Crippen LogP contribution in [0.3, 0.4) is 0 Å². The minimum absolute atomic E-state index is 0.0242. The largest absolute Gasteiger partial charge is 0.385 e. The highest BCUT2D eigenvalue weighted by molar-refractivity contribution is 5.00. The molecule has 72 valence electrons. The predicted molar refractivity (Wildman–Crippen MR) is 50.1 cm³/mol. The quantitative estimate of drug-likeness (QED) is 0.686. The van der Waals surface area contributed by atoms with Crippen molar-refractivity contribution in [3.05, 3.63) is 24.3 Å². The molecule has 4 heteroatoms. The summed E-state index contributed by atoms with van der Waals surface area (Å²) in [6, 6.07) is -0.0242. The molecule has 1 aromatic heterocycles. The van der Waals surface area contributed by atoms with E-state index in [1.165, 1.54) is 0 Å². The second-order valence-corrected chi connectivity index (χ2v) is 2.87. The Hall–Kier alpha value is -1.00. The second kappa shape index (κ2) is 5.61. The van der Waals surface area contributed by atoms with E-state index in [-0.39, 0.29) is 6.04 Å². The lowest BCUT2D eigenvalue weighted by Crippen LogP contribution is -2.12. The fourth-order valence-corrected chi connectivity index (χ4v) is 1.10. The maximum Gasteiger partial charge on any atom is 0.0753 e. The fraction of sp³-hybridized carbons (Fsp3) is 0.556. The molecule has 0 aliphatic rings. The van der Waals surface area contributed by atoms with Crippen molar-refractivity contribution >= 4 is 0 Å². The van der Waals surface area contributed by atoms with Crippen molar-refractivity contribution in [3.8, 4) is 0 Å². The number of hydrogen-bond acceptors (Lipinski definition) is 4. The average Bonchev–Trinajstić information content (AvgIpc) is 2.19. The van der Waals surface area contributed by atoms with Crippen molar-refractivity contribution in [2.24, 2.45) is 5.73 Å². The van der Waals surface area contributed by atoms with Crippen LogP contribution in [0.2, 0.25) is 0 Å². The van der Waals surface area contributed by atoms with Crippen molar-refractivity contribution in [3.63, 3.8) is 0 Å². The van der Waals surface area contributed by atoms with Crippen molar-refractivity contribution < 1.29 is 4.74 Å². The van der Waals surface area contributed by atoms with E-state index in [9.17, 15) is 0 Å². The molecular formula is C9H15N3O. The Labute approximate surface area is 78.1 Å². The molecule has 0 radical (unpaired) electrons. The Balaban J connectivity index is 2.35. The maximum atomic E-state index is 5.88. The van der Waals surface area contributed by atoms with Crippen LogP contribution in [-0.2, 0) is 4.74 Å². The summed E-state index contributed by atoms with van der Waals surface area (Å²) >= 11 is 0. The van der Waals surface area contributed by atoms with Gasteiger partial charge >= 0.3 is 0 Å². The SMILES string of the molecule is COCCCC(N)c1cnccn1. The number of aromatic nitrogens is 2. The molecule has 0 amide bonds. The molecule has 2 N–H and O–H groups in total. The monoisotopic (exact) mass is 181 g/mol. The molecule has 0 saturated carbocycles. The molecule has 0 saturated heterocycles. The zero-order valence-corrected chi connectivity index (χ0v) is 7.81. The van der Waals surface area contributed by atoms with Gasteiger partial charge in [-0.3, -0.25) is 9.97 Å². The van der Waals surface area contributed by atoms with Gasteiger partial charge in [0.15, 0.2) is 0 Å². The molecule has 1 rings (SSSR count). The summed E-state index contributed by atoms with van der Waals surface area (Å²) < 4.78 is 4.94. The Morgan fingerprint density at radius 1 is 1.54 bits per heavy atom. The first-order valence-corrected chi connectivity index (χ1v) is 4.35. The van der Waals surface area contributed by atoms with Gasteiger partial charge in [0, 0.05) is 38.3 Å². The highest BCUT2D eigenvalue weighted by Gasteiger charge is 2.05. The van der Waals surface area contributed by atoms with E-state index >= 15 is 0 Å². The molecule has 0 spiro atoms. The zero-order chi connectivity index (χ0) is 9.52. The van der Waals surface area contributed by atoms with Crippen LogP contribution >= 0.6 is 0 Å². The molecule has 0 aliphatic carbocycles. The molecule has 4 nitrogen and oxygen atoms in total. The zero-order valence-electron chi connectivity index (χ0n) is 7.81. The Morgan fingerprint density at radius 2 is 2.38 bits per heavy atom. The molecule has 0 bridgehead atoms. The van der Waals surface area contributed by atoms with Gasteiger partial charge in [-0.05, 0) is 12.8 Å². The number of rotatable bonds is 5.